The number of likely N-dealkylation sites (N-methyl/N-ethyl adjacent to an activating group) is 1. The van der Waals surface area contributed by atoms with E-state index in [1.165, 1.54) is 15.8 Å². The smallest absolute Gasteiger partial charge is 0.276 e. The van der Waals surface area contributed by atoms with E-state index in [1.807, 2.05) is 0 Å². The Morgan fingerprint density at radius 3 is 2.72 bits per heavy atom. The summed E-state index contributed by atoms with van der Waals surface area (Å²) >= 11 is 0. The number of carbonyl (C=O) groups excluding carboxylic acids is 5. The minimum absolute atomic E-state index is 0.0393. The number of benzene rings is 1. The lowest BCUT2D eigenvalue weighted by Gasteiger charge is -2.29. The van der Waals surface area contributed by atoms with Crippen LogP contribution in [0, 0.1) is 5.41 Å². The number of rotatable bonds is 4. The molecule has 2 atom stereocenters. The molecule has 3 fully saturated rings. The monoisotopic (exact) mass is 491 g/mol. The summed E-state index contributed by atoms with van der Waals surface area (Å²) in [7, 11) is 1.57. The first-order valence-corrected chi connectivity index (χ1v) is 12.0. The Kier molecular flexibility index (Phi) is 4.95. The van der Waals surface area contributed by atoms with E-state index in [0.29, 0.717) is 30.6 Å². The Balaban J connectivity index is 1.22. The molecule has 1 aromatic heterocycles. The summed E-state index contributed by atoms with van der Waals surface area (Å²) in [5, 5.41) is 13.1. The summed E-state index contributed by atoms with van der Waals surface area (Å²) in [4.78, 5) is 65.6. The Morgan fingerprint density at radius 2 is 2.00 bits per heavy atom. The first kappa shape index (κ1) is 22.4. The summed E-state index contributed by atoms with van der Waals surface area (Å²) in [5.41, 5.74) is 1.92. The molecule has 12 heteroatoms. The van der Waals surface area contributed by atoms with Crippen molar-refractivity contribution in [2.24, 2.45) is 5.41 Å². The third-order valence-corrected chi connectivity index (χ3v) is 7.76. The third kappa shape index (κ3) is 3.55. The van der Waals surface area contributed by atoms with Crippen LogP contribution in [0.5, 0.6) is 0 Å². The van der Waals surface area contributed by atoms with Crippen LogP contribution in [0.25, 0.3) is 5.69 Å². The lowest BCUT2D eigenvalue weighted by atomic mass is 10.0. The van der Waals surface area contributed by atoms with Crippen molar-refractivity contribution in [1.82, 2.24) is 35.4 Å². The fraction of sp³-hybridized carbons (Fsp3) is 0.458. The highest BCUT2D eigenvalue weighted by Crippen LogP contribution is 2.55. The number of fused-ring (bicyclic) bond motifs is 1. The molecule has 2 N–H and O–H groups in total. The molecule has 2 saturated heterocycles. The van der Waals surface area contributed by atoms with Crippen molar-refractivity contribution in [2.45, 2.75) is 50.7 Å². The Bertz CT molecular complexity index is 1330. The van der Waals surface area contributed by atoms with Gasteiger partial charge in [-0.2, -0.15) is 0 Å². The van der Waals surface area contributed by atoms with E-state index >= 15 is 0 Å². The maximum absolute atomic E-state index is 13.3. The molecular formula is C24H25N7O5. The first-order chi connectivity index (χ1) is 17.3. The van der Waals surface area contributed by atoms with Gasteiger partial charge in [0.15, 0.2) is 5.69 Å². The second-order valence-corrected chi connectivity index (χ2v) is 10.1. The molecule has 4 aliphatic rings. The predicted octanol–water partition coefficient (Wildman–Crippen LogP) is -0.231. The van der Waals surface area contributed by atoms with Crippen molar-refractivity contribution in [3.8, 4) is 5.69 Å². The summed E-state index contributed by atoms with van der Waals surface area (Å²) in [5.74, 6) is -1.62. The van der Waals surface area contributed by atoms with E-state index < -0.39 is 18.0 Å². The van der Waals surface area contributed by atoms with Gasteiger partial charge in [-0.15, -0.1) is 5.10 Å². The molecule has 186 valence electrons. The number of piperidine rings is 1. The van der Waals surface area contributed by atoms with E-state index in [-0.39, 0.29) is 47.7 Å². The number of imide groups is 1. The van der Waals surface area contributed by atoms with Crippen molar-refractivity contribution in [2.75, 3.05) is 13.6 Å². The second kappa shape index (κ2) is 7.97. The molecule has 0 radical (unpaired) electrons. The maximum Gasteiger partial charge on any atom is 0.276 e. The number of hydrogen-bond donors (Lipinski definition) is 2. The van der Waals surface area contributed by atoms with Crippen LogP contribution in [0.15, 0.2) is 24.4 Å². The number of carbonyl (C=O) groups is 5. The lowest BCUT2D eigenvalue weighted by molar-refractivity contribution is -0.137. The molecule has 1 aliphatic carbocycles. The molecule has 12 nitrogen and oxygen atoms in total. The largest absolute Gasteiger partial charge is 0.357 e. The molecule has 3 aliphatic heterocycles. The molecule has 1 unspecified atom stereocenters. The second-order valence-electron chi connectivity index (χ2n) is 10.1. The van der Waals surface area contributed by atoms with Gasteiger partial charge in [0.05, 0.1) is 11.9 Å². The van der Waals surface area contributed by atoms with Crippen LogP contribution in [0.3, 0.4) is 0 Å². The highest BCUT2D eigenvalue weighted by Gasteiger charge is 2.55. The standard InChI is InChI=1S/C24H25N7O5/c1-25-20(33)18-9-24(6-7-24)12-30(18)23(36)16-11-31(28-27-16)14-3-2-13-10-29(22(35)15(13)8-14)17-4-5-19(32)26-21(17)34/h2-3,8,11,17-18H,4-7,9-10,12H2,1H3,(H,25,33)(H,26,32,34)/t17?,18-/m0/s1. The van der Waals surface area contributed by atoms with Gasteiger partial charge in [0.25, 0.3) is 11.8 Å². The summed E-state index contributed by atoms with van der Waals surface area (Å²) in [6, 6.07) is 4.01. The van der Waals surface area contributed by atoms with Gasteiger partial charge < -0.3 is 15.1 Å². The molecule has 1 aromatic carbocycles. The topological polar surface area (TPSA) is 147 Å². The fourth-order valence-electron chi connectivity index (χ4n) is 5.53. The normalized spacial score (nSPS) is 24.2. The molecule has 5 amide bonds. The maximum atomic E-state index is 13.3. The molecule has 6 rings (SSSR count). The fourth-order valence-corrected chi connectivity index (χ4v) is 5.53. The van der Waals surface area contributed by atoms with E-state index in [4.69, 9.17) is 0 Å². The van der Waals surface area contributed by atoms with Crippen LogP contribution >= 0.6 is 0 Å². The highest BCUT2D eigenvalue weighted by molar-refractivity contribution is 6.05. The Labute approximate surface area is 206 Å². The SMILES string of the molecule is CNC(=O)[C@@H]1CC2(CC2)CN1C(=O)c1cn(-c2ccc3c(c2)C(=O)N(C2CCC(=O)NC2=O)C3)nn1. The van der Waals surface area contributed by atoms with E-state index in [0.717, 1.165) is 18.4 Å². The van der Waals surface area contributed by atoms with Gasteiger partial charge in [0.2, 0.25) is 17.7 Å². The van der Waals surface area contributed by atoms with E-state index in [1.54, 1.807) is 30.1 Å². The van der Waals surface area contributed by atoms with Gasteiger partial charge >= 0.3 is 0 Å². The predicted molar refractivity (Wildman–Crippen MR) is 123 cm³/mol. The number of likely N-dealkylation sites (tertiary alicyclic amines) is 1. The molecule has 1 saturated carbocycles. The first-order valence-electron chi connectivity index (χ1n) is 12.0. The van der Waals surface area contributed by atoms with Crippen LogP contribution in [-0.2, 0) is 20.9 Å². The quantitative estimate of drug-likeness (QED) is 0.562. The zero-order chi connectivity index (χ0) is 25.2. The van der Waals surface area contributed by atoms with Crippen molar-refractivity contribution in [3.63, 3.8) is 0 Å². The van der Waals surface area contributed by atoms with Gasteiger partial charge in [-0.3, -0.25) is 29.3 Å². The minimum Gasteiger partial charge on any atom is -0.357 e. The van der Waals surface area contributed by atoms with Gasteiger partial charge in [0, 0.05) is 32.1 Å². The van der Waals surface area contributed by atoms with Gasteiger partial charge in [-0.1, -0.05) is 11.3 Å². The number of hydrogen-bond acceptors (Lipinski definition) is 7. The lowest BCUT2D eigenvalue weighted by Crippen LogP contribution is -2.52. The van der Waals surface area contributed by atoms with Gasteiger partial charge in [-0.05, 0) is 48.8 Å². The highest BCUT2D eigenvalue weighted by atomic mass is 16.2. The van der Waals surface area contributed by atoms with Crippen molar-refractivity contribution >= 4 is 29.5 Å². The molecule has 36 heavy (non-hydrogen) atoms. The zero-order valence-electron chi connectivity index (χ0n) is 19.7. The molecule has 0 bridgehead atoms. The molecule has 1 spiro atoms. The van der Waals surface area contributed by atoms with Crippen LogP contribution in [0.1, 0.15) is 58.5 Å². The van der Waals surface area contributed by atoms with E-state index in [2.05, 4.69) is 20.9 Å². The molecule has 4 heterocycles. The minimum atomic E-state index is -0.690. The van der Waals surface area contributed by atoms with Crippen molar-refractivity contribution < 1.29 is 24.0 Å². The van der Waals surface area contributed by atoms with Crippen LogP contribution in [0.4, 0.5) is 0 Å². The number of aromatic nitrogens is 3. The van der Waals surface area contributed by atoms with Gasteiger partial charge in [0.1, 0.15) is 12.1 Å². The summed E-state index contributed by atoms with van der Waals surface area (Å²) in [6.45, 7) is 0.805. The van der Waals surface area contributed by atoms with Gasteiger partial charge in [-0.25, -0.2) is 4.68 Å². The number of nitrogens with one attached hydrogen (secondary N) is 2. The average molecular weight is 492 g/mol. The van der Waals surface area contributed by atoms with Crippen molar-refractivity contribution in [3.05, 3.63) is 41.2 Å². The van der Waals surface area contributed by atoms with Crippen LogP contribution < -0.4 is 10.6 Å². The van der Waals surface area contributed by atoms with Crippen molar-refractivity contribution in [1.29, 1.82) is 0 Å². The van der Waals surface area contributed by atoms with Crippen LogP contribution in [0.2, 0.25) is 0 Å². The summed E-state index contributed by atoms with van der Waals surface area (Å²) < 4.78 is 1.42. The van der Waals surface area contributed by atoms with Crippen LogP contribution in [-0.4, -0.2) is 80.0 Å². The number of amides is 5. The Morgan fingerprint density at radius 1 is 1.19 bits per heavy atom. The average Bonchev–Trinajstić information content (AvgIpc) is 3.19. The number of nitrogens with zero attached hydrogens (tertiary/aromatic N) is 5. The molecule has 2 aromatic rings. The zero-order valence-corrected chi connectivity index (χ0v) is 19.7. The Hall–Kier alpha value is -4.09. The van der Waals surface area contributed by atoms with E-state index in [9.17, 15) is 24.0 Å². The summed E-state index contributed by atoms with van der Waals surface area (Å²) in [6.07, 6.45) is 4.66. The molecular weight excluding hydrogens is 466 g/mol. The third-order valence-electron chi connectivity index (χ3n) is 7.76.